The van der Waals surface area contributed by atoms with E-state index in [0.29, 0.717) is 33.5 Å². The maximum absolute atomic E-state index is 13.8. The lowest BCUT2D eigenvalue weighted by Crippen LogP contribution is -2.34. The van der Waals surface area contributed by atoms with Crippen LogP contribution in [0.5, 0.6) is 5.75 Å². The van der Waals surface area contributed by atoms with Gasteiger partial charge in [0.15, 0.2) is 5.78 Å². The Kier molecular flexibility index (Phi) is 4.69. The fourth-order valence-corrected chi connectivity index (χ4v) is 3.88. The molecule has 2 atom stereocenters. The molecule has 6 nitrogen and oxygen atoms in total. The molecule has 0 radical (unpaired) electrons. The Morgan fingerprint density at radius 2 is 1.90 bits per heavy atom. The van der Waals surface area contributed by atoms with Gasteiger partial charge in [0.1, 0.15) is 30.4 Å². The summed E-state index contributed by atoms with van der Waals surface area (Å²) in [6, 6.07) is 9.36. The van der Waals surface area contributed by atoms with Gasteiger partial charge in [0.2, 0.25) is 0 Å². The zero-order valence-electron chi connectivity index (χ0n) is 16.1. The normalized spacial score (nSPS) is 17.0. The van der Waals surface area contributed by atoms with Crippen LogP contribution in [-0.4, -0.2) is 51.5 Å². The van der Waals surface area contributed by atoms with E-state index < -0.39 is 30.0 Å². The van der Waals surface area contributed by atoms with Crippen LogP contribution in [0.15, 0.2) is 36.4 Å². The van der Waals surface area contributed by atoms with E-state index in [-0.39, 0.29) is 12.4 Å². The number of aliphatic hydroxyl groups is 3. The number of ketones is 1. The molecular weight excluding hydrogens is 377 g/mol. The van der Waals surface area contributed by atoms with Crippen LogP contribution in [0.1, 0.15) is 41.0 Å². The smallest absolute Gasteiger partial charge is 0.195 e. The van der Waals surface area contributed by atoms with Crippen molar-refractivity contribution in [2.24, 2.45) is 0 Å². The molecule has 0 bridgehead atoms. The topological polar surface area (TPSA) is 103 Å². The minimum atomic E-state index is -1.29. The Labute approximate surface area is 166 Å². The predicted octanol–water partition coefficient (Wildman–Crippen LogP) is 2.27. The summed E-state index contributed by atoms with van der Waals surface area (Å²) in [5.41, 5.74) is 2.57. The Morgan fingerprint density at radius 1 is 1.14 bits per heavy atom. The highest BCUT2D eigenvalue weighted by molar-refractivity contribution is 6.20. The van der Waals surface area contributed by atoms with Gasteiger partial charge in [-0.15, -0.1) is 0 Å². The van der Waals surface area contributed by atoms with Crippen molar-refractivity contribution in [3.63, 3.8) is 0 Å². The first-order chi connectivity index (χ1) is 13.7. The summed E-state index contributed by atoms with van der Waals surface area (Å²) in [6.07, 6.45) is -2.53. The summed E-state index contributed by atoms with van der Waals surface area (Å²) in [5.74, 6) is -0.157. The monoisotopic (exact) mass is 399 g/mol. The van der Waals surface area contributed by atoms with Gasteiger partial charge in [-0.1, -0.05) is 13.8 Å². The molecule has 3 aromatic rings. The second-order valence-electron chi connectivity index (χ2n) is 7.85. The van der Waals surface area contributed by atoms with Crippen molar-refractivity contribution in [3.05, 3.63) is 64.6 Å². The van der Waals surface area contributed by atoms with Crippen LogP contribution in [0.2, 0.25) is 0 Å². The fraction of sp³-hybridized carbons (Fsp3) is 0.318. The number of halogens is 1. The van der Waals surface area contributed by atoms with Crippen LogP contribution in [0.25, 0.3) is 10.9 Å². The molecule has 0 saturated carbocycles. The molecule has 0 amide bonds. The third-order valence-electron chi connectivity index (χ3n) is 5.57. The predicted molar refractivity (Wildman–Crippen MR) is 105 cm³/mol. The molecule has 4 rings (SSSR count). The number of fused-ring (bicyclic) bond motifs is 4. The summed E-state index contributed by atoms with van der Waals surface area (Å²) in [6.45, 7) is 3.17. The van der Waals surface area contributed by atoms with Gasteiger partial charge >= 0.3 is 0 Å². The van der Waals surface area contributed by atoms with Crippen molar-refractivity contribution in [2.75, 3.05) is 13.2 Å². The fourth-order valence-electron chi connectivity index (χ4n) is 3.88. The zero-order chi connectivity index (χ0) is 20.9. The van der Waals surface area contributed by atoms with Crippen LogP contribution in [0.3, 0.4) is 0 Å². The first-order valence-corrected chi connectivity index (χ1v) is 9.34. The highest BCUT2D eigenvalue weighted by Gasteiger charge is 2.40. The lowest BCUT2D eigenvalue weighted by atomic mass is 9.71. The van der Waals surface area contributed by atoms with E-state index in [2.05, 4.69) is 4.98 Å². The molecule has 0 aliphatic heterocycles. The molecule has 0 spiro atoms. The van der Waals surface area contributed by atoms with E-state index in [1.807, 2.05) is 13.8 Å². The molecule has 7 heteroatoms. The van der Waals surface area contributed by atoms with Gasteiger partial charge in [-0.2, -0.15) is 0 Å². The highest BCUT2D eigenvalue weighted by Crippen LogP contribution is 2.44. The molecule has 1 heterocycles. The second kappa shape index (κ2) is 6.95. The van der Waals surface area contributed by atoms with Gasteiger partial charge in [-0.3, -0.25) is 4.79 Å². The van der Waals surface area contributed by atoms with Crippen molar-refractivity contribution < 1.29 is 29.2 Å². The molecule has 1 aromatic heterocycles. The maximum Gasteiger partial charge on any atom is 0.195 e. The lowest BCUT2D eigenvalue weighted by Gasteiger charge is -2.32. The Morgan fingerprint density at radius 3 is 2.62 bits per heavy atom. The van der Waals surface area contributed by atoms with Crippen molar-refractivity contribution in [1.29, 1.82) is 0 Å². The van der Waals surface area contributed by atoms with Crippen LogP contribution in [0.4, 0.5) is 4.39 Å². The van der Waals surface area contributed by atoms with Gasteiger partial charge in [0.05, 0.1) is 12.2 Å². The molecule has 0 saturated heterocycles. The van der Waals surface area contributed by atoms with E-state index in [9.17, 15) is 19.4 Å². The van der Waals surface area contributed by atoms with Crippen LogP contribution >= 0.6 is 0 Å². The third kappa shape index (κ3) is 3.11. The summed E-state index contributed by atoms with van der Waals surface area (Å²) in [5, 5.41) is 28.7. The quantitative estimate of drug-likeness (QED) is 0.527. The minimum absolute atomic E-state index is 0.187. The largest absolute Gasteiger partial charge is 0.491 e. The van der Waals surface area contributed by atoms with Gasteiger partial charge in [-0.25, -0.2) is 4.39 Å². The van der Waals surface area contributed by atoms with E-state index in [1.165, 1.54) is 12.1 Å². The summed E-state index contributed by atoms with van der Waals surface area (Å²) < 4.78 is 19.3. The highest BCUT2D eigenvalue weighted by atomic mass is 19.1. The number of aromatic amines is 1. The van der Waals surface area contributed by atoms with E-state index in [4.69, 9.17) is 9.84 Å². The standard InChI is InChI=1S/C22H22FNO5/c1-22(2)15-8-12(29-10-18(27)17(26)9-25)4-5-13(15)20(28)19-14-7-11(23)3-6-16(14)24-21(19)22/h3-8,17-18,24-27H,9-10H2,1-2H3. The number of hydrogen-bond acceptors (Lipinski definition) is 5. The second-order valence-corrected chi connectivity index (χ2v) is 7.85. The molecule has 2 aromatic carbocycles. The van der Waals surface area contributed by atoms with Gasteiger partial charge in [-0.05, 0) is 42.0 Å². The molecule has 1 aliphatic rings. The van der Waals surface area contributed by atoms with E-state index in [0.717, 1.165) is 5.56 Å². The van der Waals surface area contributed by atoms with Crippen molar-refractivity contribution in [2.45, 2.75) is 31.5 Å². The van der Waals surface area contributed by atoms with Crippen molar-refractivity contribution in [1.82, 2.24) is 4.98 Å². The van der Waals surface area contributed by atoms with Crippen molar-refractivity contribution >= 4 is 16.7 Å². The number of H-pyrrole nitrogens is 1. The number of benzene rings is 2. The minimum Gasteiger partial charge on any atom is -0.491 e. The molecule has 4 N–H and O–H groups in total. The van der Waals surface area contributed by atoms with Crippen LogP contribution in [-0.2, 0) is 5.41 Å². The lowest BCUT2D eigenvalue weighted by molar-refractivity contribution is -0.0339. The maximum atomic E-state index is 13.8. The number of carbonyl (C=O) groups excluding carboxylic acids is 1. The number of aliphatic hydroxyl groups excluding tert-OH is 3. The SMILES string of the molecule is CC1(C)c2cc(OCC(O)C(O)CO)ccc2C(=O)c2c1[nH]c1ccc(F)cc21. The third-order valence-corrected chi connectivity index (χ3v) is 5.57. The van der Waals surface area contributed by atoms with E-state index >= 15 is 0 Å². The van der Waals surface area contributed by atoms with Crippen molar-refractivity contribution in [3.8, 4) is 5.75 Å². The Hall–Kier alpha value is -2.74. The number of nitrogens with one attached hydrogen (secondary N) is 1. The molecular formula is C22H22FNO5. The van der Waals surface area contributed by atoms with Crippen LogP contribution < -0.4 is 4.74 Å². The number of hydrogen-bond donors (Lipinski definition) is 4. The Balaban J connectivity index is 1.74. The number of rotatable bonds is 5. The molecule has 29 heavy (non-hydrogen) atoms. The average Bonchev–Trinajstić information content (AvgIpc) is 3.09. The average molecular weight is 399 g/mol. The molecule has 1 aliphatic carbocycles. The molecule has 2 unspecified atom stereocenters. The molecule has 152 valence electrons. The van der Waals surface area contributed by atoms with Gasteiger partial charge < -0.3 is 25.0 Å². The Bertz CT molecular complexity index is 1100. The number of aromatic nitrogens is 1. The number of ether oxygens (including phenoxy) is 1. The first kappa shape index (κ1) is 19.6. The van der Waals surface area contributed by atoms with Crippen LogP contribution in [0, 0.1) is 5.82 Å². The van der Waals surface area contributed by atoms with Gasteiger partial charge in [0.25, 0.3) is 0 Å². The molecule has 0 fully saturated rings. The van der Waals surface area contributed by atoms with E-state index in [1.54, 1.807) is 24.3 Å². The summed E-state index contributed by atoms with van der Waals surface area (Å²) >= 11 is 0. The van der Waals surface area contributed by atoms with Gasteiger partial charge in [0, 0.05) is 27.6 Å². The zero-order valence-corrected chi connectivity index (χ0v) is 16.1. The summed E-state index contributed by atoms with van der Waals surface area (Å²) in [4.78, 5) is 16.5. The summed E-state index contributed by atoms with van der Waals surface area (Å²) in [7, 11) is 0. The number of carbonyl (C=O) groups is 1. The first-order valence-electron chi connectivity index (χ1n) is 9.34.